The molecule has 4 aromatic carbocycles. The highest BCUT2D eigenvalue weighted by molar-refractivity contribution is 6.64. The van der Waals surface area contributed by atoms with Crippen molar-refractivity contribution in [3.8, 4) is 0 Å². The number of amides is 2. The van der Waals surface area contributed by atoms with Crippen LogP contribution in [0.2, 0.25) is 0 Å². The summed E-state index contributed by atoms with van der Waals surface area (Å²) in [5, 5.41) is 5.86. The number of ether oxygens (including phenoxy) is 1. The number of nitrogens with one attached hydrogen (secondary N) is 2. The standard InChI is InChI=1S/C25H30N2O2.C13H14N2.C8H14O2.C6H9ClO/c1-24(2)14-20(24)22(28)26-18-9-5-16(6-10-18)13-17-7-11-19(12-8-17)27-23(29)21-15-25(21,3)4;14-12-5-1-10(2-6-12)9-11-3-7-13(15)8-4-11;1-4-10-7(9)6-5-8(6,2)3;1-6(2)3-4(6)5(7)8/h5-12,20-21H,13-15H2,1-4H3,(H,26,28)(H,27,29);1-8H,9,14-15H2;6H,4-5H2,1-3H3;4H,3H2,1-2H3. The Kier molecular flexibility index (Phi) is 15.1. The lowest BCUT2D eigenvalue weighted by Crippen LogP contribution is -2.16. The fraction of sp³-hybridized carbons (Fsp3) is 0.462. The van der Waals surface area contributed by atoms with Gasteiger partial charge in [-0.1, -0.05) is 104 Å². The number of halogens is 1. The molecule has 4 atom stereocenters. The monoisotopic (exact) mass is 862 g/mol. The number of esters is 1. The molecule has 0 heterocycles. The van der Waals surface area contributed by atoms with Gasteiger partial charge in [-0.25, -0.2) is 0 Å². The van der Waals surface area contributed by atoms with Crippen LogP contribution in [0.1, 0.15) is 110 Å². The summed E-state index contributed by atoms with van der Waals surface area (Å²) in [5.41, 5.74) is 20.1. The van der Waals surface area contributed by atoms with Crippen LogP contribution in [0.4, 0.5) is 22.7 Å². The van der Waals surface area contributed by atoms with Gasteiger partial charge in [-0.15, -0.1) is 0 Å². The van der Waals surface area contributed by atoms with E-state index in [9.17, 15) is 19.2 Å². The first-order valence-electron chi connectivity index (χ1n) is 21.8. The van der Waals surface area contributed by atoms with Gasteiger partial charge in [0.15, 0.2) is 0 Å². The summed E-state index contributed by atoms with van der Waals surface area (Å²) in [6.45, 7) is 19.2. The van der Waals surface area contributed by atoms with Gasteiger partial charge >= 0.3 is 5.97 Å². The van der Waals surface area contributed by atoms with Gasteiger partial charge in [0, 0.05) is 40.5 Å². The summed E-state index contributed by atoms with van der Waals surface area (Å²) in [6.07, 6.45) is 5.62. The average molecular weight is 864 g/mol. The number of nitrogens with two attached hydrogens (primary N) is 2. The minimum absolute atomic E-state index is 0.0208. The first kappa shape index (κ1) is 47.9. The number of rotatable bonds is 11. The molecule has 332 valence electrons. The van der Waals surface area contributed by atoms with Crippen LogP contribution in [-0.2, 0) is 36.8 Å². The minimum Gasteiger partial charge on any atom is -0.466 e. The lowest BCUT2D eigenvalue weighted by molar-refractivity contribution is -0.145. The van der Waals surface area contributed by atoms with Crippen molar-refractivity contribution in [2.45, 2.75) is 101 Å². The second kappa shape index (κ2) is 19.5. The van der Waals surface area contributed by atoms with Crippen molar-refractivity contribution in [2.24, 2.45) is 45.3 Å². The van der Waals surface area contributed by atoms with Crippen molar-refractivity contribution in [3.05, 3.63) is 119 Å². The topological polar surface area (TPSA) is 154 Å². The molecule has 4 fully saturated rings. The van der Waals surface area contributed by atoms with Gasteiger partial charge in [0.05, 0.1) is 12.5 Å². The smallest absolute Gasteiger partial charge is 0.309 e. The van der Waals surface area contributed by atoms with Crippen molar-refractivity contribution in [2.75, 3.05) is 28.7 Å². The Hall–Kier alpha value is -5.15. The molecule has 9 nitrogen and oxygen atoms in total. The van der Waals surface area contributed by atoms with E-state index in [2.05, 4.69) is 90.3 Å². The highest BCUT2D eigenvalue weighted by Crippen LogP contribution is 2.54. The molecule has 4 aliphatic rings. The molecule has 4 unspecified atom stereocenters. The van der Waals surface area contributed by atoms with Crippen molar-refractivity contribution >= 4 is 57.4 Å². The third-order valence-corrected chi connectivity index (χ3v) is 13.0. The molecule has 10 heteroatoms. The first-order valence-corrected chi connectivity index (χ1v) is 22.2. The van der Waals surface area contributed by atoms with E-state index in [0.29, 0.717) is 6.61 Å². The molecule has 62 heavy (non-hydrogen) atoms. The van der Waals surface area contributed by atoms with Crippen LogP contribution in [0.3, 0.4) is 0 Å². The van der Waals surface area contributed by atoms with Crippen LogP contribution < -0.4 is 22.1 Å². The molecule has 0 radical (unpaired) electrons. The van der Waals surface area contributed by atoms with Gasteiger partial charge in [-0.2, -0.15) is 0 Å². The van der Waals surface area contributed by atoms with E-state index in [-0.39, 0.29) is 68.4 Å². The van der Waals surface area contributed by atoms with Crippen molar-refractivity contribution in [1.82, 2.24) is 0 Å². The predicted molar refractivity (Wildman–Crippen MR) is 253 cm³/mol. The second-order valence-electron chi connectivity index (χ2n) is 20.2. The molecule has 8 rings (SSSR count). The molecule has 0 spiro atoms. The van der Waals surface area contributed by atoms with E-state index < -0.39 is 0 Å². The molecule has 6 N–H and O–H groups in total. The third kappa shape index (κ3) is 14.2. The van der Waals surface area contributed by atoms with E-state index in [0.717, 1.165) is 61.3 Å². The number of carbonyl (C=O) groups excluding carboxylic acids is 4. The SMILES string of the molecule is CC1(C)CC1C(=O)Cl.CC1(C)CC1C(=O)Nc1ccc(Cc2ccc(NC(=O)C3CC3(C)C)cc2)cc1.CCOC(=O)C1CC1(C)C.Nc1ccc(Cc2ccc(N)cc2)cc1. The quantitative estimate of drug-likeness (QED) is 0.0665. The second-order valence-corrected chi connectivity index (χ2v) is 20.6. The Bertz CT molecular complexity index is 2060. The molecular weight excluding hydrogens is 796 g/mol. The molecular formula is C52H67ClN4O5. The number of anilines is 4. The predicted octanol–water partition coefficient (Wildman–Crippen LogP) is 11.1. The van der Waals surface area contributed by atoms with Crippen molar-refractivity contribution in [1.29, 1.82) is 0 Å². The Labute approximate surface area is 374 Å². The van der Waals surface area contributed by atoms with Gasteiger partial charge in [-0.3, -0.25) is 19.2 Å². The van der Waals surface area contributed by atoms with Crippen molar-refractivity contribution in [3.63, 3.8) is 0 Å². The average Bonchev–Trinajstić information content (AvgIpc) is 4.17. The molecule has 4 aromatic rings. The lowest BCUT2D eigenvalue weighted by atomic mass is 10.0. The molecule has 4 saturated carbocycles. The zero-order valence-corrected chi connectivity index (χ0v) is 38.8. The van der Waals surface area contributed by atoms with Crippen LogP contribution in [-0.4, -0.2) is 29.6 Å². The summed E-state index contributed by atoms with van der Waals surface area (Å²) in [7, 11) is 0. The third-order valence-electron chi connectivity index (χ3n) is 12.8. The molecule has 0 aliphatic heterocycles. The molecule has 0 aromatic heterocycles. The van der Waals surface area contributed by atoms with Gasteiger partial charge in [-0.05, 0) is 149 Å². The number of carbonyl (C=O) groups is 4. The molecule has 0 bridgehead atoms. The van der Waals surface area contributed by atoms with E-state index in [4.69, 9.17) is 27.8 Å². The molecule has 2 amide bonds. The zero-order chi connectivity index (χ0) is 45.6. The fourth-order valence-electron chi connectivity index (χ4n) is 7.41. The molecule has 4 aliphatic carbocycles. The van der Waals surface area contributed by atoms with E-state index >= 15 is 0 Å². The largest absolute Gasteiger partial charge is 0.466 e. The number of hydrogen-bond donors (Lipinski definition) is 4. The van der Waals surface area contributed by atoms with Gasteiger partial charge in [0.25, 0.3) is 0 Å². The van der Waals surface area contributed by atoms with Gasteiger partial charge in [0.2, 0.25) is 17.1 Å². The summed E-state index contributed by atoms with van der Waals surface area (Å²) in [4.78, 5) is 45.8. The highest BCUT2D eigenvalue weighted by atomic mass is 35.5. The summed E-state index contributed by atoms with van der Waals surface area (Å²) < 4.78 is 4.86. The summed E-state index contributed by atoms with van der Waals surface area (Å²) >= 11 is 5.22. The Balaban J connectivity index is 0.000000182. The fourth-order valence-corrected chi connectivity index (χ4v) is 7.78. The van der Waals surface area contributed by atoms with Gasteiger partial charge in [0.1, 0.15) is 0 Å². The lowest BCUT2D eigenvalue weighted by Gasteiger charge is -2.09. The van der Waals surface area contributed by atoms with Crippen LogP contribution in [0, 0.1) is 45.3 Å². The first-order chi connectivity index (χ1) is 29.0. The normalized spacial score (nSPS) is 21.9. The van der Waals surface area contributed by atoms with Crippen LogP contribution in [0.15, 0.2) is 97.1 Å². The zero-order valence-electron chi connectivity index (χ0n) is 38.1. The van der Waals surface area contributed by atoms with Crippen LogP contribution in [0.25, 0.3) is 0 Å². The van der Waals surface area contributed by atoms with Crippen molar-refractivity contribution < 1.29 is 23.9 Å². The minimum atomic E-state index is -0.171. The van der Waals surface area contributed by atoms with E-state index in [1.165, 1.54) is 22.3 Å². The Morgan fingerprint density at radius 3 is 1.02 bits per heavy atom. The van der Waals surface area contributed by atoms with Gasteiger partial charge < -0.3 is 26.8 Å². The number of benzene rings is 4. The highest BCUT2D eigenvalue weighted by Gasteiger charge is 2.52. The maximum absolute atomic E-state index is 12.2. The summed E-state index contributed by atoms with van der Waals surface area (Å²) in [6, 6.07) is 32.0. The van der Waals surface area contributed by atoms with Crippen LogP contribution in [0.5, 0.6) is 0 Å². The Morgan fingerprint density at radius 2 is 0.790 bits per heavy atom. The Morgan fingerprint density at radius 1 is 0.516 bits per heavy atom. The van der Waals surface area contributed by atoms with E-state index in [1.807, 2.05) is 79.7 Å². The maximum atomic E-state index is 12.2. The number of nitrogen functional groups attached to an aromatic ring is 2. The summed E-state index contributed by atoms with van der Waals surface area (Å²) in [5.74, 6) is 0.799. The van der Waals surface area contributed by atoms with Crippen LogP contribution >= 0.6 is 11.6 Å². The molecule has 0 saturated heterocycles. The van der Waals surface area contributed by atoms with E-state index in [1.54, 1.807) is 0 Å². The maximum Gasteiger partial charge on any atom is 0.309 e. The number of hydrogen-bond acceptors (Lipinski definition) is 7.